The van der Waals surface area contributed by atoms with Crippen molar-refractivity contribution in [1.82, 2.24) is 19.9 Å². The van der Waals surface area contributed by atoms with Gasteiger partial charge in [0, 0.05) is 76.1 Å². The lowest BCUT2D eigenvalue weighted by molar-refractivity contribution is 0.00578. The number of rotatable bonds is 12. The van der Waals surface area contributed by atoms with Gasteiger partial charge >= 0.3 is 7.12 Å². The Morgan fingerprint density at radius 1 is 0.272 bits per heavy atom. The standard InChI is InChI=1S/C48H35N2OP.C40H36BO3P.C14H11ClN2/c1-32-23-24-34-25-26-45-46(29-33(2)50-48(45)47(34)49-32)36-14-11-13-35(30-36)41-27-28-42(44-22-10-9-21-43(41)44)37-15-12-20-40(31-37)52(51,38-16-5-3-6-17-38)39-18-7-4-8-19-39;1-39(2)40(3,4)44-41(43-39)31-17-13-15-29(27-31)35-25-26-36(38-24-12-11-23-37(35)38)30-16-14-22-34(28-30)45(42,32-18-7-5-8-19-32)33-20-9-6-10-21-33;1-8-3-4-10-5-6-11-12(15)7-9(2)17-14(11)13(10)16-8/h3-31H,1-2H3;5-28H,1-4H3;3-7H,1-2H3. The molecule has 12 heteroatoms. The molecule has 0 N–H and O–H groups in total. The van der Waals surface area contributed by atoms with Crippen molar-refractivity contribution in [2.45, 2.75) is 66.6 Å². The first-order valence-electron chi connectivity index (χ1n) is 38.6. The maximum Gasteiger partial charge on any atom is 0.494 e. The van der Waals surface area contributed by atoms with Gasteiger partial charge in [-0.3, -0.25) is 19.9 Å². The van der Waals surface area contributed by atoms with E-state index in [4.69, 9.17) is 30.9 Å². The monoisotopic (exact) mass is 1530 g/mol. The number of pyridine rings is 4. The van der Waals surface area contributed by atoms with E-state index in [0.29, 0.717) is 0 Å². The predicted molar refractivity (Wildman–Crippen MR) is 481 cm³/mol. The quantitative estimate of drug-likeness (QED) is 0.0677. The van der Waals surface area contributed by atoms with E-state index in [1.165, 1.54) is 5.39 Å². The summed E-state index contributed by atoms with van der Waals surface area (Å²) < 4.78 is 43.1. The molecule has 0 aliphatic carbocycles. The first kappa shape index (κ1) is 74.7. The summed E-state index contributed by atoms with van der Waals surface area (Å²) in [7, 11) is -6.65. The van der Waals surface area contributed by atoms with Crippen LogP contribution in [0.1, 0.15) is 50.5 Å². The Hall–Kier alpha value is -12.0. The van der Waals surface area contributed by atoms with Gasteiger partial charge in [0.15, 0.2) is 14.3 Å². The van der Waals surface area contributed by atoms with Gasteiger partial charge < -0.3 is 18.4 Å². The van der Waals surface area contributed by atoms with Crippen molar-refractivity contribution in [1.29, 1.82) is 0 Å². The highest BCUT2D eigenvalue weighted by molar-refractivity contribution is 7.85. The lowest BCUT2D eigenvalue weighted by Gasteiger charge is -2.32. The van der Waals surface area contributed by atoms with Crippen molar-refractivity contribution in [3.05, 3.63) is 380 Å². The lowest BCUT2D eigenvalue weighted by Crippen LogP contribution is -2.41. The Kier molecular flexibility index (Phi) is 20.2. The summed E-state index contributed by atoms with van der Waals surface area (Å²) in [5.41, 5.74) is 18.9. The van der Waals surface area contributed by atoms with Crippen molar-refractivity contribution >= 4 is 135 Å². The zero-order valence-corrected chi connectivity index (χ0v) is 67.3. The minimum atomic E-state index is -3.12. The van der Waals surface area contributed by atoms with Gasteiger partial charge in [0.25, 0.3) is 0 Å². The van der Waals surface area contributed by atoms with Gasteiger partial charge in [-0.1, -0.05) is 321 Å². The third-order valence-corrected chi connectivity index (χ3v) is 28.8. The molecule has 0 radical (unpaired) electrons. The SMILES string of the molecule is CC1(C)OB(c2cccc(-c3ccc(-c4cccc(P(=O)(c5ccccc5)c5ccccc5)c4)c4ccccc34)c2)OC1(C)C.Cc1ccc2ccc3c(-c4cccc(-c5ccc(-c6cccc(P(=O)(c7ccccc7)c7ccccc7)c6)c6ccccc56)c4)cc(C)nc3c2n1.Cc1ccc2ccc3c(Cl)cc(C)nc3c2n1. The van der Waals surface area contributed by atoms with E-state index in [2.05, 4.69) is 227 Å². The normalized spacial score (nSPS) is 13.3. The van der Waals surface area contributed by atoms with E-state index in [0.717, 1.165) is 180 Å². The minimum Gasteiger partial charge on any atom is -0.399 e. The van der Waals surface area contributed by atoms with E-state index in [9.17, 15) is 0 Å². The van der Waals surface area contributed by atoms with Gasteiger partial charge in [-0.05, 0) is 180 Å². The molecule has 4 aromatic heterocycles. The van der Waals surface area contributed by atoms with Gasteiger partial charge in [-0.2, -0.15) is 0 Å². The Bertz CT molecular complexity index is 6740. The molecule has 1 aliphatic heterocycles. The average molecular weight is 1540 g/mol. The van der Waals surface area contributed by atoms with E-state index in [-0.39, 0.29) is 0 Å². The van der Waals surface area contributed by atoms with Crippen LogP contribution in [0.3, 0.4) is 0 Å². The molecule has 1 fully saturated rings. The number of hydrogen-bond donors (Lipinski definition) is 0. The van der Waals surface area contributed by atoms with Crippen molar-refractivity contribution in [3.63, 3.8) is 0 Å². The summed E-state index contributed by atoms with van der Waals surface area (Å²) in [6.45, 7) is 16.3. The molecule has 18 aromatic rings. The molecule has 0 saturated carbocycles. The highest BCUT2D eigenvalue weighted by atomic mass is 35.5. The summed E-state index contributed by atoms with van der Waals surface area (Å²) in [6, 6.07) is 120. The summed E-state index contributed by atoms with van der Waals surface area (Å²) >= 11 is 6.23. The number of halogens is 1. The fraction of sp³-hybridized carbons (Fsp3) is 0.0980. The first-order chi connectivity index (χ1) is 55.3. The molecule has 14 aromatic carbocycles. The van der Waals surface area contributed by atoms with Gasteiger partial charge in [0.05, 0.1) is 38.3 Å². The second-order valence-corrected chi connectivity index (χ2v) is 36.3. The maximum atomic E-state index is 15.2. The van der Waals surface area contributed by atoms with Crippen LogP contribution in [0.5, 0.6) is 0 Å². The molecule has 0 unspecified atom stereocenters. The molecule has 8 nitrogen and oxygen atoms in total. The van der Waals surface area contributed by atoms with Crippen molar-refractivity contribution in [3.8, 4) is 55.6 Å². The summed E-state index contributed by atoms with van der Waals surface area (Å²) in [5, 5.41) is 14.5. The topological polar surface area (TPSA) is 104 Å². The number of aromatic nitrogens is 4. The highest BCUT2D eigenvalue weighted by Gasteiger charge is 2.52. The fourth-order valence-corrected chi connectivity index (χ4v) is 21.6. The van der Waals surface area contributed by atoms with E-state index < -0.39 is 32.6 Å². The van der Waals surface area contributed by atoms with Gasteiger partial charge in [-0.15, -0.1) is 0 Å². The van der Waals surface area contributed by atoms with Crippen LogP contribution < -0.4 is 37.3 Å². The van der Waals surface area contributed by atoms with Crippen LogP contribution in [-0.2, 0) is 18.4 Å². The molecule has 554 valence electrons. The molecule has 1 saturated heterocycles. The molecule has 0 amide bonds. The van der Waals surface area contributed by atoms with Gasteiger partial charge in [0.1, 0.15) is 0 Å². The molecule has 5 heterocycles. The summed E-state index contributed by atoms with van der Waals surface area (Å²) in [5.74, 6) is 0. The van der Waals surface area contributed by atoms with Crippen molar-refractivity contribution in [2.75, 3.05) is 0 Å². The second-order valence-electron chi connectivity index (χ2n) is 30.4. The molecular formula is C102H82BClN4O4P2. The Morgan fingerprint density at radius 3 is 1.01 bits per heavy atom. The van der Waals surface area contributed by atoms with Crippen LogP contribution in [0.15, 0.2) is 352 Å². The highest BCUT2D eigenvalue weighted by Crippen LogP contribution is 2.47. The zero-order valence-electron chi connectivity index (χ0n) is 64.8. The molecule has 114 heavy (non-hydrogen) atoms. The largest absolute Gasteiger partial charge is 0.494 e. The number of hydrogen-bond acceptors (Lipinski definition) is 8. The summed E-state index contributed by atoms with van der Waals surface area (Å²) in [6.07, 6.45) is 0. The number of aryl methyl sites for hydroxylation is 4. The molecule has 0 bridgehead atoms. The van der Waals surface area contributed by atoms with Crippen molar-refractivity contribution < 1.29 is 18.4 Å². The van der Waals surface area contributed by atoms with E-state index in [1.807, 2.05) is 191 Å². The lowest BCUT2D eigenvalue weighted by atomic mass is 9.77. The van der Waals surface area contributed by atoms with Gasteiger partial charge in [0.2, 0.25) is 0 Å². The van der Waals surface area contributed by atoms with Crippen LogP contribution in [-0.4, -0.2) is 38.3 Å². The third-order valence-electron chi connectivity index (χ3n) is 22.3. The van der Waals surface area contributed by atoms with Crippen LogP contribution >= 0.6 is 25.9 Å². The zero-order chi connectivity index (χ0) is 78.5. The predicted octanol–water partition coefficient (Wildman–Crippen LogP) is 23.4. The van der Waals surface area contributed by atoms with Gasteiger partial charge in [-0.25, -0.2) is 0 Å². The van der Waals surface area contributed by atoms with Crippen LogP contribution in [0, 0.1) is 27.7 Å². The molecule has 19 rings (SSSR count). The second kappa shape index (κ2) is 30.8. The fourth-order valence-electron chi connectivity index (χ4n) is 15.9. The van der Waals surface area contributed by atoms with E-state index >= 15 is 9.13 Å². The minimum absolute atomic E-state index is 0.401. The number of fused-ring (bicyclic) bond motifs is 8. The average Bonchev–Trinajstić information content (AvgIpc) is 1.76. The number of nitrogens with zero attached hydrogens (tertiary/aromatic N) is 4. The van der Waals surface area contributed by atoms with E-state index in [1.54, 1.807) is 0 Å². The molecular weight excluding hydrogens is 1450 g/mol. The Morgan fingerprint density at radius 2 is 0.588 bits per heavy atom. The molecule has 0 atom stereocenters. The molecule has 0 spiro atoms. The summed E-state index contributed by atoms with van der Waals surface area (Å²) in [4.78, 5) is 19.0. The number of benzene rings is 14. The van der Waals surface area contributed by atoms with Crippen LogP contribution in [0.2, 0.25) is 5.02 Å². The molecule has 1 aliphatic rings. The first-order valence-corrected chi connectivity index (χ1v) is 42.3. The Balaban J connectivity index is 0.000000137. The smallest absolute Gasteiger partial charge is 0.399 e. The van der Waals surface area contributed by atoms with Crippen LogP contribution in [0.25, 0.3) is 121 Å². The van der Waals surface area contributed by atoms with Crippen LogP contribution in [0.4, 0.5) is 0 Å². The maximum absolute atomic E-state index is 15.2. The Labute approximate surface area is 671 Å². The third kappa shape index (κ3) is 14.2. The van der Waals surface area contributed by atoms with Crippen molar-refractivity contribution in [2.24, 2.45) is 0 Å².